The van der Waals surface area contributed by atoms with Crippen molar-refractivity contribution in [3.8, 4) is 11.1 Å². The number of rotatable bonds is 2. The minimum atomic E-state index is -1.96. The Morgan fingerprint density at radius 1 is 1.00 bits per heavy atom. The molecule has 2 N–H and O–H groups in total. The van der Waals surface area contributed by atoms with Gasteiger partial charge < -0.3 is 14.9 Å². The van der Waals surface area contributed by atoms with E-state index in [0.29, 0.717) is 5.56 Å². The first-order chi connectivity index (χ1) is 9.62. The van der Waals surface area contributed by atoms with Crippen molar-refractivity contribution in [1.82, 2.24) is 0 Å². The van der Waals surface area contributed by atoms with Gasteiger partial charge in [0.2, 0.25) is 5.60 Å². The van der Waals surface area contributed by atoms with E-state index in [0.717, 1.165) is 11.1 Å². The van der Waals surface area contributed by atoms with Crippen LogP contribution in [-0.4, -0.2) is 28.9 Å². The van der Waals surface area contributed by atoms with Crippen LogP contribution < -0.4 is 0 Å². The van der Waals surface area contributed by atoms with Gasteiger partial charge in [-0.25, -0.2) is 4.79 Å². The van der Waals surface area contributed by atoms with E-state index < -0.39 is 17.7 Å². The minimum absolute atomic E-state index is 0.185. The number of aliphatic hydroxyl groups excluding tert-OH is 1. The molecule has 1 heterocycles. The maximum absolute atomic E-state index is 11.6. The van der Waals surface area contributed by atoms with Gasteiger partial charge >= 0.3 is 5.97 Å². The number of aliphatic hydroxyl groups is 2. The molecule has 2 aromatic rings. The Labute approximate surface area is 116 Å². The zero-order valence-corrected chi connectivity index (χ0v) is 10.7. The normalized spacial score (nSPS) is 25.5. The lowest BCUT2D eigenvalue weighted by Crippen LogP contribution is -2.41. The van der Waals surface area contributed by atoms with Gasteiger partial charge in [-0.2, -0.15) is 0 Å². The standard InChI is InChI=1S/C16H14O4/c17-14-10-20-15(18)16(14,19)13-8-6-12(7-9-13)11-4-2-1-3-5-11/h1-9,14,17,19H,10H2. The molecule has 2 aromatic carbocycles. The van der Waals surface area contributed by atoms with Gasteiger partial charge in [-0.1, -0.05) is 54.6 Å². The summed E-state index contributed by atoms with van der Waals surface area (Å²) in [6.45, 7) is -0.185. The maximum Gasteiger partial charge on any atom is 0.345 e. The van der Waals surface area contributed by atoms with Gasteiger partial charge in [0, 0.05) is 0 Å². The Hall–Kier alpha value is -2.17. The molecule has 102 valence electrons. The van der Waals surface area contributed by atoms with Crippen LogP contribution in [0.25, 0.3) is 11.1 Å². The SMILES string of the molecule is O=C1OCC(O)C1(O)c1ccc(-c2ccccc2)cc1. The lowest BCUT2D eigenvalue weighted by molar-refractivity contribution is -0.157. The largest absolute Gasteiger partial charge is 0.460 e. The third kappa shape index (κ3) is 1.90. The molecule has 0 amide bonds. The third-order valence-electron chi connectivity index (χ3n) is 3.60. The van der Waals surface area contributed by atoms with Crippen molar-refractivity contribution in [1.29, 1.82) is 0 Å². The zero-order chi connectivity index (χ0) is 14.2. The predicted octanol–water partition coefficient (Wildman–Crippen LogP) is 1.46. The number of ether oxygens (including phenoxy) is 1. The molecule has 4 nitrogen and oxygen atoms in total. The fourth-order valence-corrected chi connectivity index (χ4v) is 2.38. The number of cyclic esters (lactones) is 1. The molecular weight excluding hydrogens is 256 g/mol. The molecule has 1 aliphatic heterocycles. The molecule has 4 heteroatoms. The number of carbonyl (C=O) groups is 1. The van der Waals surface area contributed by atoms with Crippen molar-refractivity contribution in [2.75, 3.05) is 6.61 Å². The molecular formula is C16H14O4. The van der Waals surface area contributed by atoms with Gasteiger partial charge in [0.15, 0.2) is 0 Å². The Morgan fingerprint density at radius 2 is 1.60 bits per heavy atom. The van der Waals surface area contributed by atoms with Crippen molar-refractivity contribution in [3.63, 3.8) is 0 Å². The molecule has 2 unspecified atom stereocenters. The van der Waals surface area contributed by atoms with Crippen LogP contribution in [0.2, 0.25) is 0 Å². The summed E-state index contributed by atoms with van der Waals surface area (Å²) in [5, 5.41) is 20.1. The second-order valence-corrected chi connectivity index (χ2v) is 4.82. The topological polar surface area (TPSA) is 66.8 Å². The minimum Gasteiger partial charge on any atom is -0.460 e. The number of hydrogen-bond acceptors (Lipinski definition) is 4. The highest BCUT2D eigenvalue weighted by molar-refractivity contribution is 5.84. The van der Waals surface area contributed by atoms with Crippen LogP contribution >= 0.6 is 0 Å². The highest BCUT2D eigenvalue weighted by Gasteiger charge is 2.52. The van der Waals surface area contributed by atoms with E-state index in [9.17, 15) is 15.0 Å². The number of hydrogen-bond donors (Lipinski definition) is 2. The van der Waals surface area contributed by atoms with E-state index in [1.54, 1.807) is 24.3 Å². The van der Waals surface area contributed by atoms with Crippen LogP contribution in [0.5, 0.6) is 0 Å². The van der Waals surface area contributed by atoms with E-state index in [1.807, 2.05) is 30.3 Å². The molecule has 0 saturated carbocycles. The lowest BCUT2D eigenvalue weighted by Gasteiger charge is -2.22. The monoisotopic (exact) mass is 270 g/mol. The second-order valence-electron chi connectivity index (χ2n) is 4.82. The van der Waals surface area contributed by atoms with Gasteiger partial charge in [0.05, 0.1) is 0 Å². The maximum atomic E-state index is 11.6. The van der Waals surface area contributed by atoms with Crippen molar-refractivity contribution in [3.05, 3.63) is 60.2 Å². The Kier molecular flexibility index (Phi) is 3.04. The van der Waals surface area contributed by atoms with Crippen molar-refractivity contribution >= 4 is 5.97 Å². The van der Waals surface area contributed by atoms with Crippen LogP contribution in [0.1, 0.15) is 5.56 Å². The molecule has 2 atom stereocenters. The molecule has 0 spiro atoms. The summed E-state index contributed by atoms with van der Waals surface area (Å²) in [7, 11) is 0. The van der Waals surface area contributed by atoms with Gasteiger partial charge in [-0.15, -0.1) is 0 Å². The summed E-state index contributed by atoms with van der Waals surface area (Å²) < 4.78 is 4.71. The third-order valence-corrected chi connectivity index (χ3v) is 3.60. The van der Waals surface area contributed by atoms with Gasteiger partial charge in [-0.3, -0.25) is 0 Å². The predicted molar refractivity (Wildman–Crippen MR) is 72.7 cm³/mol. The summed E-state index contributed by atoms with van der Waals surface area (Å²) in [4.78, 5) is 11.6. The molecule has 1 aliphatic rings. The summed E-state index contributed by atoms with van der Waals surface area (Å²) >= 11 is 0. The van der Waals surface area contributed by atoms with E-state index in [4.69, 9.17) is 4.74 Å². The molecule has 1 saturated heterocycles. The van der Waals surface area contributed by atoms with Crippen LogP contribution in [0.15, 0.2) is 54.6 Å². The fraction of sp³-hybridized carbons (Fsp3) is 0.188. The van der Waals surface area contributed by atoms with Crippen LogP contribution in [0, 0.1) is 0 Å². The molecule has 1 fully saturated rings. The smallest absolute Gasteiger partial charge is 0.345 e. The van der Waals surface area contributed by atoms with Crippen molar-refractivity contribution in [2.45, 2.75) is 11.7 Å². The van der Waals surface area contributed by atoms with Crippen LogP contribution in [-0.2, 0) is 15.1 Å². The molecule has 20 heavy (non-hydrogen) atoms. The fourth-order valence-electron chi connectivity index (χ4n) is 2.38. The molecule has 0 bridgehead atoms. The number of benzene rings is 2. The van der Waals surface area contributed by atoms with Crippen molar-refractivity contribution < 1.29 is 19.7 Å². The molecule has 0 aromatic heterocycles. The Morgan fingerprint density at radius 3 is 2.15 bits per heavy atom. The van der Waals surface area contributed by atoms with E-state index in [1.165, 1.54) is 0 Å². The average molecular weight is 270 g/mol. The summed E-state index contributed by atoms with van der Waals surface area (Å²) in [5.74, 6) is -0.808. The quantitative estimate of drug-likeness (QED) is 0.811. The van der Waals surface area contributed by atoms with E-state index >= 15 is 0 Å². The first-order valence-electron chi connectivity index (χ1n) is 6.36. The van der Waals surface area contributed by atoms with Crippen LogP contribution in [0.3, 0.4) is 0 Å². The lowest BCUT2D eigenvalue weighted by atomic mass is 9.89. The Bertz CT molecular complexity index is 621. The molecule has 0 aliphatic carbocycles. The first kappa shape index (κ1) is 12.8. The highest BCUT2D eigenvalue weighted by Crippen LogP contribution is 2.33. The van der Waals surface area contributed by atoms with E-state index in [2.05, 4.69) is 0 Å². The van der Waals surface area contributed by atoms with Gasteiger partial charge in [0.25, 0.3) is 0 Å². The zero-order valence-electron chi connectivity index (χ0n) is 10.7. The molecule has 0 radical (unpaired) electrons. The highest BCUT2D eigenvalue weighted by atomic mass is 16.6. The van der Waals surface area contributed by atoms with Crippen LogP contribution in [0.4, 0.5) is 0 Å². The van der Waals surface area contributed by atoms with Crippen molar-refractivity contribution in [2.24, 2.45) is 0 Å². The first-order valence-corrected chi connectivity index (χ1v) is 6.36. The molecule has 3 rings (SSSR count). The summed E-state index contributed by atoms with van der Waals surface area (Å²) in [6, 6.07) is 16.7. The van der Waals surface area contributed by atoms with Gasteiger partial charge in [-0.05, 0) is 16.7 Å². The average Bonchev–Trinajstić information content (AvgIpc) is 2.77. The van der Waals surface area contributed by atoms with E-state index in [-0.39, 0.29) is 6.61 Å². The summed E-state index contributed by atoms with van der Waals surface area (Å²) in [6.07, 6.45) is -1.24. The second kappa shape index (κ2) is 4.74. The number of esters is 1. The number of carbonyl (C=O) groups excluding carboxylic acids is 1. The summed E-state index contributed by atoms with van der Waals surface area (Å²) in [5.41, 5.74) is 0.390. The van der Waals surface area contributed by atoms with Gasteiger partial charge in [0.1, 0.15) is 12.7 Å². The Balaban J connectivity index is 1.96.